The van der Waals surface area contributed by atoms with E-state index in [1.165, 1.54) is 0 Å². The number of aliphatic hydroxyl groups excluding tert-OH is 1. The molecule has 0 radical (unpaired) electrons. The Kier molecular flexibility index (Phi) is 5.91. The molecule has 1 aromatic rings. The lowest BCUT2D eigenvalue weighted by Gasteiger charge is -2.20. The second-order valence-corrected chi connectivity index (χ2v) is 4.91. The predicted octanol–water partition coefficient (Wildman–Crippen LogP) is 2.63. The summed E-state index contributed by atoms with van der Waals surface area (Å²) in [7, 11) is 3.16. The van der Waals surface area contributed by atoms with Crippen molar-refractivity contribution in [3.8, 4) is 11.5 Å². The molecule has 0 fully saturated rings. The number of ether oxygens (including phenoxy) is 2. The molecule has 5 heteroatoms. The Bertz CT molecular complexity index is 373. The summed E-state index contributed by atoms with van der Waals surface area (Å²) in [5.41, 5.74) is 6.84. The smallest absolute Gasteiger partial charge is 0.137 e. The number of hydrogen-bond acceptors (Lipinski definition) is 4. The molecule has 0 saturated heterocycles. The van der Waals surface area contributed by atoms with E-state index in [9.17, 15) is 5.11 Å². The van der Waals surface area contributed by atoms with Crippen molar-refractivity contribution in [2.75, 3.05) is 14.2 Å². The van der Waals surface area contributed by atoms with Crippen LogP contribution in [-0.2, 0) is 0 Å². The first-order valence-corrected chi connectivity index (χ1v) is 6.69. The lowest BCUT2D eigenvalue weighted by molar-refractivity contribution is 0.134. The molecule has 1 aromatic carbocycles. The standard InChI is InChI=1S/C13H20BrNO3/c1-4-5-9(16)13(15)8-6-10(17-2)12(14)11(7-8)18-3/h6-7,9,13,16H,4-5,15H2,1-3H3/t9-,13+/m0/s1. The van der Waals surface area contributed by atoms with Gasteiger partial charge < -0.3 is 20.3 Å². The van der Waals surface area contributed by atoms with Gasteiger partial charge in [0.2, 0.25) is 0 Å². The highest BCUT2D eigenvalue weighted by Crippen LogP contribution is 2.37. The van der Waals surface area contributed by atoms with E-state index in [-0.39, 0.29) is 0 Å². The summed E-state index contributed by atoms with van der Waals surface area (Å²) in [6.45, 7) is 2.01. The number of aliphatic hydroxyl groups is 1. The molecular formula is C13H20BrNO3. The summed E-state index contributed by atoms with van der Waals surface area (Å²) in [6, 6.07) is 3.19. The fourth-order valence-electron chi connectivity index (χ4n) is 1.78. The highest BCUT2D eigenvalue weighted by molar-refractivity contribution is 9.10. The van der Waals surface area contributed by atoms with E-state index in [2.05, 4.69) is 15.9 Å². The molecule has 2 atom stereocenters. The van der Waals surface area contributed by atoms with Crippen LogP contribution in [0.4, 0.5) is 0 Å². The third-order valence-corrected chi connectivity index (χ3v) is 3.63. The summed E-state index contributed by atoms with van der Waals surface area (Å²) in [5, 5.41) is 9.95. The van der Waals surface area contributed by atoms with Gasteiger partial charge in [-0.25, -0.2) is 0 Å². The number of nitrogens with two attached hydrogens (primary N) is 1. The van der Waals surface area contributed by atoms with Crippen LogP contribution in [-0.4, -0.2) is 25.4 Å². The molecule has 0 bridgehead atoms. The van der Waals surface area contributed by atoms with Gasteiger partial charge in [0.25, 0.3) is 0 Å². The van der Waals surface area contributed by atoms with Crippen LogP contribution in [0.25, 0.3) is 0 Å². The van der Waals surface area contributed by atoms with Crippen molar-refractivity contribution in [3.05, 3.63) is 22.2 Å². The molecule has 0 unspecified atom stereocenters. The van der Waals surface area contributed by atoms with Crippen LogP contribution in [0.3, 0.4) is 0 Å². The van der Waals surface area contributed by atoms with Crippen LogP contribution in [0.2, 0.25) is 0 Å². The minimum Gasteiger partial charge on any atom is -0.495 e. The minimum atomic E-state index is -0.564. The molecule has 4 nitrogen and oxygen atoms in total. The molecule has 0 aliphatic heterocycles. The summed E-state index contributed by atoms with van der Waals surface area (Å²) in [6.07, 6.45) is 0.993. The molecule has 0 aliphatic carbocycles. The van der Waals surface area contributed by atoms with Crippen LogP contribution < -0.4 is 15.2 Å². The first kappa shape index (κ1) is 15.3. The number of methoxy groups -OCH3 is 2. The fraction of sp³-hybridized carbons (Fsp3) is 0.538. The van der Waals surface area contributed by atoms with Crippen molar-refractivity contribution < 1.29 is 14.6 Å². The quantitative estimate of drug-likeness (QED) is 0.846. The first-order chi connectivity index (χ1) is 8.54. The van der Waals surface area contributed by atoms with E-state index in [1.54, 1.807) is 14.2 Å². The van der Waals surface area contributed by atoms with E-state index in [0.717, 1.165) is 16.5 Å². The largest absolute Gasteiger partial charge is 0.495 e. The van der Waals surface area contributed by atoms with Crippen LogP contribution in [0.15, 0.2) is 16.6 Å². The molecule has 3 N–H and O–H groups in total. The van der Waals surface area contributed by atoms with Crippen molar-refractivity contribution in [2.45, 2.75) is 31.9 Å². The van der Waals surface area contributed by atoms with E-state index in [0.29, 0.717) is 17.9 Å². The first-order valence-electron chi connectivity index (χ1n) is 5.90. The highest BCUT2D eigenvalue weighted by Gasteiger charge is 2.19. The molecule has 102 valence electrons. The normalized spacial score (nSPS) is 14.1. The van der Waals surface area contributed by atoms with Crippen molar-refractivity contribution in [2.24, 2.45) is 5.73 Å². The molecule has 0 aromatic heterocycles. The van der Waals surface area contributed by atoms with Gasteiger partial charge in [-0.05, 0) is 40.0 Å². The molecule has 1 rings (SSSR count). The molecule has 0 aliphatic rings. The maximum Gasteiger partial charge on any atom is 0.137 e. The van der Waals surface area contributed by atoms with Crippen LogP contribution in [0.1, 0.15) is 31.4 Å². The Labute approximate surface area is 116 Å². The number of halogens is 1. The van der Waals surface area contributed by atoms with Gasteiger partial charge >= 0.3 is 0 Å². The van der Waals surface area contributed by atoms with Crippen molar-refractivity contribution in [1.29, 1.82) is 0 Å². The molecule has 0 spiro atoms. The number of hydrogen-bond donors (Lipinski definition) is 2. The number of rotatable bonds is 6. The molecule has 0 saturated carbocycles. The topological polar surface area (TPSA) is 64.7 Å². The van der Waals surface area contributed by atoms with Gasteiger partial charge in [0.15, 0.2) is 0 Å². The Morgan fingerprint density at radius 1 is 1.28 bits per heavy atom. The minimum absolute atomic E-state index is 0.444. The third kappa shape index (κ3) is 3.37. The average molecular weight is 318 g/mol. The maximum atomic E-state index is 9.95. The molecule has 18 heavy (non-hydrogen) atoms. The van der Waals surface area contributed by atoms with E-state index < -0.39 is 12.1 Å². The summed E-state index contributed by atoms with van der Waals surface area (Å²) in [4.78, 5) is 0. The van der Waals surface area contributed by atoms with Crippen molar-refractivity contribution >= 4 is 15.9 Å². The zero-order chi connectivity index (χ0) is 13.7. The van der Waals surface area contributed by atoms with E-state index >= 15 is 0 Å². The lowest BCUT2D eigenvalue weighted by atomic mass is 9.99. The third-order valence-electron chi connectivity index (χ3n) is 2.85. The maximum absolute atomic E-state index is 9.95. The van der Waals surface area contributed by atoms with Gasteiger partial charge in [-0.2, -0.15) is 0 Å². The predicted molar refractivity (Wildman–Crippen MR) is 75.1 cm³/mol. The average Bonchev–Trinajstić information content (AvgIpc) is 2.38. The Morgan fingerprint density at radius 2 is 1.78 bits per heavy atom. The van der Waals surface area contributed by atoms with Crippen LogP contribution in [0.5, 0.6) is 11.5 Å². The van der Waals surface area contributed by atoms with Crippen molar-refractivity contribution in [1.82, 2.24) is 0 Å². The van der Waals surface area contributed by atoms with E-state index in [4.69, 9.17) is 15.2 Å². The fourth-order valence-corrected chi connectivity index (χ4v) is 2.33. The highest BCUT2D eigenvalue weighted by atomic mass is 79.9. The van der Waals surface area contributed by atoms with Crippen LogP contribution in [0, 0.1) is 0 Å². The zero-order valence-electron chi connectivity index (χ0n) is 10.9. The van der Waals surface area contributed by atoms with Gasteiger partial charge in [0, 0.05) is 0 Å². The van der Waals surface area contributed by atoms with Gasteiger partial charge in [-0.3, -0.25) is 0 Å². The molecule has 0 amide bonds. The zero-order valence-corrected chi connectivity index (χ0v) is 12.5. The SMILES string of the molecule is CCC[C@H](O)[C@H](N)c1cc(OC)c(Br)c(OC)c1. The van der Waals surface area contributed by atoms with E-state index in [1.807, 2.05) is 19.1 Å². The Hall–Kier alpha value is -0.780. The van der Waals surface area contributed by atoms with Gasteiger partial charge in [-0.15, -0.1) is 0 Å². The van der Waals surface area contributed by atoms with Gasteiger partial charge in [0.05, 0.1) is 26.4 Å². The molecular weight excluding hydrogens is 298 g/mol. The summed E-state index contributed by atoms with van der Waals surface area (Å²) >= 11 is 3.40. The lowest BCUT2D eigenvalue weighted by Crippen LogP contribution is -2.26. The summed E-state index contributed by atoms with van der Waals surface area (Å²) in [5.74, 6) is 1.28. The monoisotopic (exact) mass is 317 g/mol. The Morgan fingerprint density at radius 3 is 2.17 bits per heavy atom. The Balaban J connectivity index is 3.08. The van der Waals surface area contributed by atoms with Gasteiger partial charge in [0.1, 0.15) is 16.0 Å². The molecule has 0 heterocycles. The number of benzene rings is 1. The van der Waals surface area contributed by atoms with Crippen LogP contribution >= 0.6 is 15.9 Å². The second kappa shape index (κ2) is 6.97. The summed E-state index contributed by atoms with van der Waals surface area (Å²) < 4.78 is 11.3. The van der Waals surface area contributed by atoms with Gasteiger partial charge in [-0.1, -0.05) is 13.3 Å². The second-order valence-electron chi connectivity index (χ2n) is 4.12. The van der Waals surface area contributed by atoms with Crippen molar-refractivity contribution in [3.63, 3.8) is 0 Å².